The minimum atomic E-state index is -2.54. The van der Waals surface area contributed by atoms with Crippen LogP contribution in [0.25, 0.3) is 10.6 Å². The van der Waals surface area contributed by atoms with Crippen molar-refractivity contribution < 1.29 is 18.7 Å². The van der Waals surface area contributed by atoms with E-state index in [1.165, 1.54) is 23.5 Å². The third kappa shape index (κ3) is 2.70. The first-order valence-corrected chi connectivity index (χ1v) is 6.78. The summed E-state index contributed by atoms with van der Waals surface area (Å²) < 4.78 is 25.3. The predicted molar refractivity (Wildman–Crippen MR) is 73.2 cm³/mol. The fourth-order valence-corrected chi connectivity index (χ4v) is 2.60. The first-order valence-electron chi connectivity index (χ1n) is 5.90. The second-order valence-electron chi connectivity index (χ2n) is 4.89. The van der Waals surface area contributed by atoms with Gasteiger partial charge in [0, 0.05) is 16.5 Å². The van der Waals surface area contributed by atoms with Gasteiger partial charge in [-0.25, -0.2) is 13.8 Å². The van der Waals surface area contributed by atoms with Gasteiger partial charge in [-0.15, -0.1) is 11.3 Å². The molecule has 20 heavy (non-hydrogen) atoms. The van der Waals surface area contributed by atoms with E-state index in [-0.39, 0.29) is 5.56 Å². The molecule has 1 aromatic heterocycles. The number of carboxylic acids is 1. The van der Waals surface area contributed by atoms with Crippen molar-refractivity contribution in [3.8, 4) is 10.6 Å². The van der Waals surface area contributed by atoms with Gasteiger partial charge >= 0.3 is 5.97 Å². The molecule has 0 saturated carbocycles. The summed E-state index contributed by atoms with van der Waals surface area (Å²) in [5, 5.41) is 11.3. The lowest BCUT2D eigenvalue weighted by molar-refractivity contribution is -0.142. The number of carboxylic acid groups (broad SMARTS) is 1. The summed E-state index contributed by atoms with van der Waals surface area (Å²) in [5.41, 5.74) is -0.181. The van der Waals surface area contributed by atoms with E-state index >= 15 is 0 Å². The summed E-state index contributed by atoms with van der Waals surface area (Å²) >= 11 is 1.25. The minimum absolute atomic E-state index is 0.0725. The van der Waals surface area contributed by atoms with Crippen LogP contribution in [0.4, 0.5) is 8.78 Å². The molecule has 0 radical (unpaired) electrons. The maximum atomic E-state index is 12.7. The number of aromatic nitrogens is 1. The first-order chi connectivity index (χ1) is 9.32. The van der Waals surface area contributed by atoms with Crippen molar-refractivity contribution in [2.45, 2.75) is 25.7 Å². The monoisotopic (exact) mass is 297 g/mol. The summed E-state index contributed by atoms with van der Waals surface area (Å²) in [6.07, 6.45) is -2.54. The Morgan fingerprint density at radius 2 is 2.10 bits per heavy atom. The third-order valence-corrected chi connectivity index (χ3v) is 3.96. The van der Waals surface area contributed by atoms with Gasteiger partial charge in [-0.3, -0.25) is 4.79 Å². The summed E-state index contributed by atoms with van der Waals surface area (Å²) in [7, 11) is 0. The van der Waals surface area contributed by atoms with E-state index in [0.29, 0.717) is 16.3 Å². The number of hydrogen-bond donors (Lipinski definition) is 1. The van der Waals surface area contributed by atoms with Crippen molar-refractivity contribution in [3.05, 3.63) is 40.9 Å². The van der Waals surface area contributed by atoms with E-state index < -0.39 is 17.8 Å². The van der Waals surface area contributed by atoms with Crippen molar-refractivity contribution in [2.24, 2.45) is 0 Å². The molecule has 2 aromatic rings. The number of alkyl halides is 2. The van der Waals surface area contributed by atoms with Crippen LogP contribution in [0.3, 0.4) is 0 Å². The smallest absolute Gasteiger partial charge is 0.315 e. The molecule has 106 valence electrons. The van der Waals surface area contributed by atoms with Gasteiger partial charge in [-0.2, -0.15) is 0 Å². The highest BCUT2D eigenvalue weighted by Gasteiger charge is 2.32. The second-order valence-corrected chi connectivity index (χ2v) is 5.75. The maximum Gasteiger partial charge on any atom is 0.315 e. The van der Waals surface area contributed by atoms with Crippen molar-refractivity contribution in [1.29, 1.82) is 0 Å². The van der Waals surface area contributed by atoms with E-state index in [9.17, 15) is 13.6 Å². The summed E-state index contributed by atoms with van der Waals surface area (Å²) in [5.74, 6) is -0.976. The standard InChI is InChI=1S/C14H13F2NO2S/c1-14(2,13(18)19)10-7-20-12(17-10)9-5-3-4-8(6-9)11(15)16/h3-7,11H,1-2H3,(H,18,19). The van der Waals surface area contributed by atoms with Gasteiger partial charge in [0.15, 0.2) is 0 Å². The Kier molecular flexibility index (Phi) is 3.85. The zero-order chi connectivity index (χ0) is 14.9. The number of nitrogens with zero attached hydrogens (tertiary/aromatic N) is 1. The second kappa shape index (κ2) is 5.28. The molecule has 0 aliphatic carbocycles. The predicted octanol–water partition coefficient (Wildman–Crippen LogP) is 4.11. The average molecular weight is 297 g/mol. The van der Waals surface area contributed by atoms with Crippen LogP contribution in [0.2, 0.25) is 0 Å². The summed E-state index contributed by atoms with van der Waals surface area (Å²) in [6, 6.07) is 5.95. The molecular weight excluding hydrogens is 284 g/mol. The molecule has 0 fully saturated rings. The van der Waals surface area contributed by atoms with E-state index in [1.807, 2.05) is 0 Å². The van der Waals surface area contributed by atoms with Crippen molar-refractivity contribution in [1.82, 2.24) is 4.98 Å². The van der Waals surface area contributed by atoms with Gasteiger partial charge in [0.1, 0.15) is 10.4 Å². The van der Waals surface area contributed by atoms with Crippen LogP contribution in [-0.4, -0.2) is 16.1 Å². The normalized spacial score (nSPS) is 11.8. The zero-order valence-corrected chi connectivity index (χ0v) is 11.7. The molecule has 0 bridgehead atoms. The van der Waals surface area contributed by atoms with Crippen LogP contribution < -0.4 is 0 Å². The van der Waals surface area contributed by atoms with Crippen LogP contribution in [0.15, 0.2) is 29.6 Å². The molecule has 0 aliphatic rings. The van der Waals surface area contributed by atoms with Crippen molar-refractivity contribution >= 4 is 17.3 Å². The van der Waals surface area contributed by atoms with Gasteiger partial charge in [0.2, 0.25) is 0 Å². The quantitative estimate of drug-likeness (QED) is 0.924. The molecule has 0 unspecified atom stereocenters. The van der Waals surface area contributed by atoms with Crippen LogP contribution in [0.5, 0.6) is 0 Å². The fourth-order valence-electron chi connectivity index (χ4n) is 1.61. The Morgan fingerprint density at radius 3 is 2.70 bits per heavy atom. The van der Waals surface area contributed by atoms with Gasteiger partial charge < -0.3 is 5.11 Å². The molecule has 6 heteroatoms. The highest BCUT2D eigenvalue weighted by molar-refractivity contribution is 7.13. The van der Waals surface area contributed by atoms with Crippen LogP contribution in [-0.2, 0) is 10.2 Å². The molecule has 2 rings (SSSR count). The molecular formula is C14H13F2NO2S. The molecule has 0 atom stereocenters. The number of rotatable bonds is 4. The lowest BCUT2D eigenvalue weighted by Crippen LogP contribution is -2.28. The molecule has 0 saturated heterocycles. The fraction of sp³-hybridized carbons (Fsp3) is 0.286. The number of halogens is 2. The Bertz CT molecular complexity index is 638. The summed E-state index contributed by atoms with van der Waals surface area (Å²) in [6.45, 7) is 3.12. The Labute approximate surface area is 118 Å². The molecule has 0 aliphatic heterocycles. The third-order valence-electron chi connectivity index (χ3n) is 3.06. The molecule has 1 heterocycles. The summed E-state index contributed by atoms with van der Waals surface area (Å²) in [4.78, 5) is 15.4. The molecule has 1 aromatic carbocycles. The number of carbonyl (C=O) groups is 1. The Hall–Kier alpha value is -1.82. The lowest BCUT2D eigenvalue weighted by Gasteiger charge is -2.15. The number of aliphatic carboxylic acids is 1. The minimum Gasteiger partial charge on any atom is -0.481 e. The van der Waals surface area contributed by atoms with Crippen molar-refractivity contribution in [3.63, 3.8) is 0 Å². The largest absolute Gasteiger partial charge is 0.481 e. The molecule has 3 nitrogen and oxygen atoms in total. The first kappa shape index (κ1) is 14.6. The highest BCUT2D eigenvalue weighted by atomic mass is 32.1. The van der Waals surface area contributed by atoms with Crippen LogP contribution in [0, 0.1) is 0 Å². The number of thiazole rings is 1. The SMILES string of the molecule is CC(C)(C(=O)O)c1csc(-c2cccc(C(F)F)c2)n1. The number of hydrogen-bond acceptors (Lipinski definition) is 3. The van der Waals surface area contributed by atoms with Gasteiger partial charge in [0.05, 0.1) is 5.69 Å². The Balaban J connectivity index is 2.39. The maximum absolute atomic E-state index is 12.7. The van der Waals surface area contributed by atoms with E-state index in [4.69, 9.17) is 5.11 Å². The molecule has 0 spiro atoms. The Morgan fingerprint density at radius 1 is 1.40 bits per heavy atom. The highest BCUT2D eigenvalue weighted by Crippen LogP contribution is 2.32. The lowest BCUT2D eigenvalue weighted by atomic mass is 9.90. The van der Waals surface area contributed by atoms with Crippen molar-refractivity contribution in [2.75, 3.05) is 0 Å². The van der Waals surface area contributed by atoms with E-state index in [2.05, 4.69) is 4.98 Å². The molecule has 0 amide bonds. The van der Waals surface area contributed by atoms with Gasteiger partial charge in [0.25, 0.3) is 6.43 Å². The average Bonchev–Trinajstić information content (AvgIpc) is 2.88. The van der Waals surface area contributed by atoms with E-state index in [1.54, 1.807) is 31.4 Å². The number of benzene rings is 1. The van der Waals surface area contributed by atoms with Crippen LogP contribution in [0.1, 0.15) is 31.5 Å². The zero-order valence-electron chi connectivity index (χ0n) is 10.9. The van der Waals surface area contributed by atoms with Gasteiger partial charge in [-0.1, -0.05) is 18.2 Å². The molecule has 1 N–H and O–H groups in total. The topological polar surface area (TPSA) is 50.2 Å². The van der Waals surface area contributed by atoms with E-state index in [0.717, 1.165) is 0 Å². The van der Waals surface area contributed by atoms with Gasteiger partial charge in [-0.05, 0) is 19.9 Å². The van der Waals surface area contributed by atoms with Crippen LogP contribution >= 0.6 is 11.3 Å².